The Balaban J connectivity index is 3.42. The molecule has 3 heteroatoms. The number of nitriles is 1. The summed E-state index contributed by atoms with van der Waals surface area (Å²) in [5, 5.41) is 8.97. The fourth-order valence-electron chi connectivity index (χ4n) is 1.63. The van der Waals surface area contributed by atoms with Crippen LogP contribution in [0.2, 0.25) is 0 Å². The Morgan fingerprint density at radius 3 is 2.25 bits per heavy atom. The molecule has 0 bridgehead atoms. The van der Waals surface area contributed by atoms with Gasteiger partial charge < -0.3 is 5.73 Å². The topological polar surface area (TPSA) is 66.9 Å². The Kier molecular flexibility index (Phi) is 3.84. The number of rotatable bonds is 3. The normalized spacial score (nSPS) is 11.9. The van der Waals surface area contributed by atoms with Gasteiger partial charge in [0.05, 0.1) is 0 Å². The Labute approximate surface area is 95.2 Å². The van der Waals surface area contributed by atoms with E-state index in [0.717, 1.165) is 5.56 Å². The fourth-order valence-corrected chi connectivity index (χ4v) is 1.63. The van der Waals surface area contributed by atoms with Gasteiger partial charge in [-0.25, -0.2) is 0 Å². The number of hydrogen-bond donors (Lipinski definition) is 1. The highest BCUT2D eigenvalue weighted by Crippen LogP contribution is 2.26. The lowest BCUT2D eigenvalue weighted by Gasteiger charge is -2.12. The summed E-state index contributed by atoms with van der Waals surface area (Å²) in [5.41, 5.74) is 6.82. The largest absolute Gasteiger partial charge is 0.365 e. The van der Waals surface area contributed by atoms with E-state index in [2.05, 4.69) is 0 Å². The second-order valence-electron chi connectivity index (χ2n) is 3.79. The van der Waals surface area contributed by atoms with Crippen LogP contribution in [-0.2, 0) is 4.79 Å². The van der Waals surface area contributed by atoms with Crippen molar-refractivity contribution >= 4 is 11.5 Å². The maximum absolute atomic E-state index is 11.2. The fraction of sp³-hybridized carbons (Fsp3) is 0.231. The molecule has 16 heavy (non-hydrogen) atoms. The van der Waals surface area contributed by atoms with E-state index in [1.165, 1.54) is 0 Å². The van der Waals surface area contributed by atoms with Crippen LogP contribution in [0.1, 0.15) is 19.4 Å². The van der Waals surface area contributed by atoms with Crippen molar-refractivity contribution in [3.05, 3.63) is 41.5 Å². The highest BCUT2D eigenvalue weighted by molar-refractivity contribution is 6.04. The van der Waals surface area contributed by atoms with Gasteiger partial charge >= 0.3 is 0 Å². The molecule has 0 spiro atoms. The molecule has 0 unspecified atom stereocenters. The standard InChI is InChI=1S/C13H14N2O/c1-9(2)12(11(8-14)13(15)16)10-6-4-3-5-7-10/h3-7,9H,1-2H3,(H2,15,16)/b12-11+. The molecule has 0 aliphatic heterocycles. The van der Waals surface area contributed by atoms with Gasteiger partial charge in [0.1, 0.15) is 11.6 Å². The molecule has 3 nitrogen and oxygen atoms in total. The first-order valence-corrected chi connectivity index (χ1v) is 5.07. The molecular weight excluding hydrogens is 200 g/mol. The summed E-state index contributed by atoms with van der Waals surface area (Å²) < 4.78 is 0. The molecule has 1 aromatic rings. The molecular formula is C13H14N2O. The summed E-state index contributed by atoms with van der Waals surface area (Å²) in [4.78, 5) is 11.2. The maximum atomic E-state index is 11.2. The molecule has 2 N–H and O–H groups in total. The van der Waals surface area contributed by atoms with E-state index in [4.69, 9.17) is 11.0 Å². The van der Waals surface area contributed by atoms with Crippen molar-refractivity contribution in [2.45, 2.75) is 13.8 Å². The van der Waals surface area contributed by atoms with Crippen molar-refractivity contribution in [1.82, 2.24) is 0 Å². The lowest BCUT2D eigenvalue weighted by atomic mass is 9.91. The molecule has 0 aliphatic carbocycles. The first kappa shape index (κ1) is 12.0. The van der Waals surface area contributed by atoms with Crippen molar-refractivity contribution in [1.29, 1.82) is 5.26 Å². The predicted octanol–water partition coefficient (Wildman–Crippen LogP) is 2.11. The first-order chi connectivity index (χ1) is 7.57. The smallest absolute Gasteiger partial charge is 0.259 e. The zero-order valence-electron chi connectivity index (χ0n) is 9.40. The second-order valence-corrected chi connectivity index (χ2v) is 3.79. The summed E-state index contributed by atoms with van der Waals surface area (Å²) in [6.07, 6.45) is 0. The lowest BCUT2D eigenvalue weighted by molar-refractivity contribution is -0.114. The van der Waals surface area contributed by atoms with Crippen molar-refractivity contribution in [3.8, 4) is 6.07 Å². The predicted molar refractivity (Wildman–Crippen MR) is 63.0 cm³/mol. The van der Waals surface area contributed by atoms with Crippen LogP contribution in [0.4, 0.5) is 0 Å². The molecule has 0 atom stereocenters. The highest BCUT2D eigenvalue weighted by atomic mass is 16.1. The number of carbonyl (C=O) groups is 1. The molecule has 0 saturated carbocycles. The van der Waals surface area contributed by atoms with E-state index in [0.29, 0.717) is 5.57 Å². The van der Waals surface area contributed by atoms with Crippen molar-refractivity contribution < 1.29 is 4.79 Å². The van der Waals surface area contributed by atoms with Gasteiger partial charge in [-0.1, -0.05) is 44.2 Å². The Morgan fingerprint density at radius 1 is 1.31 bits per heavy atom. The SMILES string of the molecule is CC(C)/C(=C(/C#N)C(N)=O)c1ccccc1. The van der Waals surface area contributed by atoms with Gasteiger partial charge in [-0.15, -0.1) is 0 Å². The zero-order chi connectivity index (χ0) is 12.1. The number of benzene rings is 1. The number of carbonyl (C=O) groups excluding carboxylic acids is 1. The summed E-state index contributed by atoms with van der Waals surface area (Å²) in [6, 6.07) is 11.3. The number of amides is 1. The van der Waals surface area contributed by atoms with E-state index >= 15 is 0 Å². The number of nitrogens with two attached hydrogens (primary N) is 1. The van der Waals surface area contributed by atoms with E-state index in [9.17, 15) is 4.79 Å². The van der Waals surface area contributed by atoms with Crippen LogP contribution in [0.5, 0.6) is 0 Å². The summed E-state index contributed by atoms with van der Waals surface area (Å²) in [7, 11) is 0. The lowest BCUT2D eigenvalue weighted by Crippen LogP contribution is -2.16. The van der Waals surface area contributed by atoms with Crippen LogP contribution in [0.3, 0.4) is 0 Å². The molecule has 0 saturated heterocycles. The Hall–Kier alpha value is -2.08. The van der Waals surface area contributed by atoms with Gasteiger partial charge in [-0.3, -0.25) is 4.79 Å². The van der Waals surface area contributed by atoms with Gasteiger partial charge in [-0.05, 0) is 17.1 Å². The van der Waals surface area contributed by atoms with E-state index in [1.807, 2.05) is 50.2 Å². The Morgan fingerprint density at radius 2 is 1.88 bits per heavy atom. The van der Waals surface area contributed by atoms with E-state index in [-0.39, 0.29) is 11.5 Å². The maximum Gasteiger partial charge on any atom is 0.259 e. The van der Waals surface area contributed by atoms with E-state index < -0.39 is 5.91 Å². The van der Waals surface area contributed by atoms with Crippen LogP contribution in [0.15, 0.2) is 35.9 Å². The van der Waals surface area contributed by atoms with Gasteiger partial charge in [0.2, 0.25) is 0 Å². The third-order valence-electron chi connectivity index (χ3n) is 2.29. The van der Waals surface area contributed by atoms with Gasteiger partial charge in [0.25, 0.3) is 5.91 Å². The summed E-state index contributed by atoms with van der Waals surface area (Å²) in [6.45, 7) is 3.87. The van der Waals surface area contributed by atoms with Crippen LogP contribution >= 0.6 is 0 Å². The van der Waals surface area contributed by atoms with Crippen molar-refractivity contribution in [3.63, 3.8) is 0 Å². The molecule has 0 aromatic heterocycles. The molecule has 82 valence electrons. The van der Waals surface area contributed by atoms with Crippen LogP contribution in [0.25, 0.3) is 5.57 Å². The monoisotopic (exact) mass is 214 g/mol. The van der Waals surface area contributed by atoms with Gasteiger partial charge in [-0.2, -0.15) is 5.26 Å². The molecule has 0 fully saturated rings. The zero-order valence-corrected chi connectivity index (χ0v) is 9.40. The third kappa shape index (κ3) is 2.48. The van der Waals surface area contributed by atoms with Gasteiger partial charge in [0.15, 0.2) is 0 Å². The highest BCUT2D eigenvalue weighted by Gasteiger charge is 2.16. The minimum Gasteiger partial charge on any atom is -0.365 e. The molecule has 1 aromatic carbocycles. The molecule has 0 radical (unpaired) electrons. The van der Waals surface area contributed by atoms with Crippen LogP contribution < -0.4 is 5.73 Å². The summed E-state index contributed by atoms with van der Waals surface area (Å²) in [5.74, 6) is -0.598. The average Bonchev–Trinajstić information content (AvgIpc) is 2.25. The molecule has 0 heterocycles. The molecule has 1 amide bonds. The summed E-state index contributed by atoms with van der Waals surface area (Å²) >= 11 is 0. The van der Waals surface area contributed by atoms with Gasteiger partial charge in [0, 0.05) is 0 Å². The van der Waals surface area contributed by atoms with Crippen LogP contribution in [0, 0.1) is 17.2 Å². The van der Waals surface area contributed by atoms with Crippen molar-refractivity contribution in [2.24, 2.45) is 11.7 Å². The minimum absolute atomic E-state index is 0.0428. The minimum atomic E-state index is -0.671. The average molecular weight is 214 g/mol. The van der Waals surface area contributed by atoms with Crippen molar-refractivity contribution in [2.75, 3.05) is 0 Å². The van der Waals surface area contributed by atoms with Crippen LogP contribution in [-0.4, -0.2) is 5.91 Å². The first-order valence-electron chi connectivity index (χ1n) is 5.07. The number of nitrogens with zero attached hydrogens (tertiary/aromatic N) is 1. The number of primary amides is 1. The second kappa shape index (κ2) is 5.13. The number of hydrogen-bond acceptors (Lipinski definition) is 2. The quantitative estimate of drug-likeness (QED) is 0.618. The Bertz CT molecular complexity index is 453. The number of allylic oxidation sites excluding steroid dienone is 1. The molecule has 1 rings (SSSR count). The third-order valence-corrected chi connectivity index (χ3v) is 2.29. The molecule has 0 aliphatic rings. The van der Waals surface area contributed by atoms with E-state index in [1.54, 1.807) is 0 Å².